The van der Waals surface area contributed by atoms with E-state index in [-0.39, 0.29) is 45.2 Å². The molecular weight excluding hydrogens is 897 g/mol. The molecule has 1 amide bonds. The number of nitrogens with zero attached hydrogens (tertiary/aromatic N) is 4. The third-order valence-electron chi connectivity index (χ3n) is 9.78. The molecular formula is C40H50N8O11S4. The number of anilines is 2. The summed E-state index contributed by atoms with van der Waals surface area (Å²) in [4.78, 5) is 40.2. The van der Waals surface area contributed by atoms with Crippen LogP contribution in [0.1, 0.15) is 12.8 Å². The van der Waals surface area contributed by atoms with Crippen molar-refractivity contribution in [2.24, 2.45) is 10.3 Å². The zero-order valence-corrected chi connectivity index (χ0v) is 37.4. The molecule has 23 heteroatoms. The van der Waals surface area contributed by atoms with Gasteiger partial charge in [-0.1, -0.05) is 36.4 Å². The van der Waals surface area contributed by atoms with Crippen LogP contribution in [0.15, 0.2) is 117 Å². The van der Waals surface area contributed by atoms with Crippen LogP contribution in [0.5, 0.6) is 0 Å². The first-order chi connectivity index (χ1) is 30.1. The number of nitro groups is 2. The van der Waals surface area contributed by atoms with Crippen LogP contribution >= 0.6 is 23.5 Å². The monoisotopic (exact) mass is 946 g/mol. The first-order valence-corrected chi connectivity index (χ1v) is 24.8. The zero-order valence-electron chi connectivity index (χ0n) is 34.2. The van der Waals surface area contributed by atoms with E-state index in [9.17, 15) is 41.9 Å². The van der Waals surface area contributed by atoms with E-state index in [0.717, 1.165) is 48.0 Å². The number of nitrogens with two attached hydrogens (primary N) is 2. The number of carbonyl (C=O) groups excluding carboxylic acids is 1. The molecule has 0 saturated carbocycles. The molecule has 2 aliphatic rings. The van der Waals surface area contributed by atoms with Gasteiger partial charge in [-0.3, -0.25) is 29.9 Å². The molecule has 4 aromatic carbocycles. The minimum Gasteiger partial charge on any atom is -0.379 e. The van der Waals surface area contributed by atoms with Crippen molar-refractivity contribution in [3.8, 4) is 0 Å². The predicted octanol–water partition coefficient (Wildman–Crippen LogP) is 4.60. The van der Waals surface area contributed by atoms with Crippen molar-refractivity contribution >= 4 is 72.2 Å². The number of thioether (sulfide) groups is 2. The predicted molar refractivity (Wildman–Crippen MR) is 242 cm³/mol. The highest BCUT2D eigenvalue weighted by Crippen LogP contribution is 2.31. The maximum Gasteiger partial charge on any atom is 0.293 e. The summed E-state index contributed by atoms with van der Waals surface area (Å²) in [6.45, 7) is 5.92. The summed E-state index contributed by atoms with van der Waals surface area (Å²) in [6, 6.07) is 26.1. The summed E-state index contributed by atoms with van der Waals surface area (Å²) in [6.07, 6.45) is 0.891. The van der Waals surface area contributed by atoms with Gasteiger partial charge < -0.3 is 25.0 Å². The Morgan fingerprint density at radius 3 is 1.54 bits per heavy atom. The Morgan fingerprint density at radius 2 is 1.10 bits per heavy atom. The smallest absolute Gasteiger partial charge is 0.293 e. The summed E-state index contributed by atoms with van der Waals surface area (Å²) >= 11 is 3.18. The van der Waals surface area contributed by atoms with Gasteiger partial charge in [0.1, 0.15) is 11.4 Å². The van der Waals surface area contributed by atoms with Gasteiger partial charge in [0.15, 0.2) is 0 Å². The van der Waals surface area contributed by atoms with Gasteiger partial charge in [0.25, 0.3) is 11.4 Å². The summed E-state index contributed by atoms with van der Waals surface area (Å²) in [5.41, 5.74) is -0.341. The molecule has 0 unspecified atom stereocenters. The highest BCUT2D eigenvalue weighted by atomic mass is 32.2. The fourth-order valence-corrected chi connectivity index (χ4v) is 9.46. The zero-order chi connectivity index (χ0) is 45.4. The van der Waals surface area contributed by atoms with Crippen molar-refractivity contribution in [3.05, 3.63) is 117 Å². The molecule has 0 aliphatic carbocycles. The molecule has 6 N–H and O–H groups in total. The van der Waals surface area contributed by atoms with Gasteiger partial charge >= 0.3 is 0 Å². The van der Waals surface area contributed by atoms with E-state index in [1.807, 2.05) is 60.7 Å². The lowest BCUT2D eigenvalue weighted by atomic mass is 10.1. The molecule has 2 atom stereocenters. The number of benzene rings is 4. The Labute approximate surface area is 374 Å². The molecule has 4 aromatic rings. The summed E-state index contributed by atoms with van der Waals surface area (Å²) in [7, 11) is -8.12. The first-order valence-electron chi connectivity index (χ1n) is 19.7. The van der Waals surface area contributed by atoms with Crippen LogP contribution in [-0.2, 0) is 34.3 Å². The van der Waals surface area contributed by atoms with Crippen LogP contribution in [0, 0.1) is 20.2 Å². The quantitative estimate of drug-likeness (QED) is 0.0568. The van der Waals surface area contributed by atoms with Gasteiger partial charge in [-0.25, -0.2) is 27.1 Å². The average Bonchev–Trinajstić information content (AvgIpc) is 3.27. The van der Waals surface area contributed by atoms with E-state index in [0.29, 0.717) is 51.0 Å². The number of primary sulfonamides is 2. The lowest BCUT2D eigenvalue weighted by molar-refractivity contribution is -0.384. The van der Waals surface area contributed by atoms with Crippen molar-refractivity contribution in [2.45, 2.75) is 44.5 Å². The Bertz CT molecular complexity index is 2370. The molecule has 0 radical (unpaired) electrons. The molecule has 340 valence electrons. The Hall–Kier alpha value is -4.85. The van der Waals surface area contributed by atoms with Crippen molar-refractivity contribution < 1.29 is 41.0 Å². The number of sulfonamides is 2. The highest BCUT2D eigenvalue weighted by molar-refractivity contribution is 7.99. The molecule has 0 bridgehead atoms. The second-order valence-electron chi connectivity index (χ2n) is 14.3. The number of ether oxygens (including phenoxy) is 2. The second-order valence-corrected chi connectivity index (χ2v) is 19.6. The Morgan fingerprint density at radius 1 is 0.667 bits per heavy atom. The fourth-order valence-electron chi connectivity index (χ4n) is 6.45. The third-order valence-corrected chi connectivity index (χ3v) is 14.0. The molecule has 0 aromatic heterocycles. The van der Waals surface area contributed by atoms with Gasteiger partial charge in [-0.15, -0.1) is 23.5 Å². The number of amides is 1. The highest BCUT2D eigenvalue weighted by Gasteiger charge is 2.26. The number of rotatable bonds is 19. The molecule has 63 heavy (non-hydrogen) atoms. The largest absolute Gasteiger partial charge is 0.379 e. The maximum atomic E-state index is 12.8. The second kappa shape index (κ2) is 23.7. The van der Waals surface area contributed by atoms with E-state index in [4.69, 9.17) is 19.8 Å². The standard InChI is InChI=1S/C20H24N4O6S2.C20H26N4O5S2/c21-32(28,29)17-6-7-18(19(13-17)24(26)27)22-15(14-31-16-4-2-1-3-5-16)12-20(25)23-8-10-30-11-9-23;21-31(27,28)18-6-7-19(20(14-18)24(25)26)22-16(8-9-23-10-12-29-13-11-23)15-30-17-4-2-1-3-5-17/h1-7,13,15,22H,8-12,14H2,(H2,21,28,29);1-7,14,16,22H,8-13,15H2,(H2,21,27,28)/t15-;16-/m11/s1. The van der Waals surface area contributed by atoms with Crippen LogP contribution in [0.3, 0.4) is 0 Å². The minimum absolute atomic E-state index is 0.0629. The first kappa shape index (κ1) is 49.2. The van der Waals surface area contributed by atoms with Gasteiger partial charge in [0.05, 0.1) is 46.1 Å². The van der Waals surface area contributed by atoms with Crippen LogP contribution < -0.4 is 20.9 Å². The average molecular weight is 947 g/mol. The van der Waals surface area contributed by atoms with E-state index in [2.05, 4.69) is 15.5 Å². The topological polar surface area (TPSA) is 273 Å². The molecule has 2 heterocycles. The van der Waals surface area contributed by atoms with E-state index < -0.39 is 41.6 Å². The van der Waals surface area contributed by atoms with Crippen LogP contribution in [-0.4, -0.2) is 125 Å². The van der Waals surface area contributed by atoms with Gasteiger partial charge in [-0.2, -0.15) is 0 Å². The summed E-state index contributed by atoms with van der Waals surface area (Å²) < 4.78 is 57.1. The number of hydrogen-bond acceptors (Lipinski definition) is 16. The SMILES string of the molecule is NS(=O)(=O)c1ccc(N[C@@H](CSc2ccccc2)CC(=O)N2CCOCC2)c([N+](=O)[O-])c1.NS(=O)(=O)c1ccc(N[C@H](CCN2CCOCC2)CSc2ccccc2)c([N+](=O)[O-])c1. The van der Waals surface area contributed by atoms with E-state index >= 15 is 0 Å². The molecule has 2 fully saturated rings. The van der Waals surface area contributed by atoms with Crippen molar-refractivity contribution in [2.75, 3.05) is 81.3 Å². The fraction of sp³-hybridized carbons (Fsp3) is 0.375. The molecule has 19 nitrogen and oxygen atoms in total. The van der Waals surface area contributed by atoms with E-state index in [1.165, 1.54) is 36.0 Å². The van der Waals surface area contributed by atoms with Crippen LogP contribution in [0.25, 0.3) is 0 Å². The third kappa shape index (κ3) is 16.0. The molecule has 0 spiro atoms. The Balaban J connectivity index is 0.000000238. The van der Waals surface area contributed by atoms with Crippen molar-refractivity contribution in [3.63, 3.8) is 0 Å². The number of carbonyl (C=O) groups is 1. The summed E-state index contributed by atoms with van der Waals surface area (Å²) in [5, 5.41) is 39.7. The lowest BCUT2D eigenvalue weighted by Crippen LogP contribution is -2.43. The summed E-state index contributed by atoms with van der Waals surface area (Å²) in [5.74, 6) is 1.08. The number of morpholine rings is 2. The van der Waals surface area contributed by atoms with Crippen LogP contribution in [0.2, 0.25) is 0 Å². The minimum atomic E-state index is -4.09. The molecule has 2 saturated heterocycles. The van der Waals surface area contributed by atoms with E-state index in [1.54, 1.807) is 16.7 Å². The van der Waals surface area contributed by atoms with Crippen molar-refractivity contribution in [1.82, 2.24) is 9.80 Å². The van der Waals surface area contributed by atoms with Gasteiger partial charge in [0, 0.05) is 84.7 Å². The maximum absolute atomic E-state index is 12.8. The normalized spacial score (nSPS) is 15.6. The van der Waals surface area contributed by atoms with Crippen molar-refractivity contribution in [1.29, 1.82) is 0 Å². The van der Waals surface area contributed by atoms with Gasteiger partial charge in [-0.05, 0) is 55.0 Å². The van der Waals surface area contributed by atoms with Crippen LogP contribution in [0.4, 0.5) is 22.7 Å². The number of nitro benzene ring substituents is 2. The lowest BCUT2D eigenvalue weighted by Gasteiger charge is -2.29. The number of hydrogen-bond donors (Lipinski definition) is 4. The molecule has 6 rings (SSSR count). The number of nitrogens with one attached hydrogen (secondary N) is 2. The molecule has 2 aliphatic heterocycles. The Kier molecular flexibility index (Phi) is 18.5. The van der Waals surface area contributed by atoms with Gasteiger partial charge in [0.2, 0.25) is 26.0 Å².